The Kier molecular flexibility index (Phi) is 4.01. The second kappa shape index (κ2) is 6.46. The topological polar surface area (TPSA) is 83.0 Å². The van der Waals surface area contributed by atoms with E-state index in [2.05, 4.69) is 9.97 Å². The summed E-state index contributed by atoms with van der Waals surface area (Å²) >= 11 is 0. The fourth-order valence-electron chi connectivity index (χ4n) is 2.91. The lowest BCUT2D eigenvalue weighted by Gasteiger charge is -2.17. The molecule has 0 bridgehead atoms. The fraction of sp³-hybridized carbons (Fsp3) is 0.353. The molecule has 1 aromatic carbocycles. The molecule has 2 aliphatic rings. The Morgan fingerprint density at radius 3 is 2.84 bits per heavy atom. The van der Waals surface area contributed by atoms with Gasteiger partial charge in [0.1, 0.15) is 6.10 Å². The third-order valence-corrected chi connectivity index (χ3v) is 4.16. The van der Waals surface area contributed by atoms with Crippen LogP contribution in [0.15, 0.2) is 30.6 Å². The van der Waals surface area contributed by atoms with E-state index in [0.29, 0.717) is 41.9 Å². The maximum atomic E-state index is 12.7. The number of methoxy groups -OCH3 is 1. The molecule has 1 fully saturated rings. The van der Waals surface area contributed by atoms with Gasteiger partial charge in [-0.25, -0.2) is 9.97 Å². The number of nitrogens with zero attached hydrogens (tertiary/aromatic N) is 3. The van der Waals surface area contributed by atoms with Gasteiger partial charge in [0.2, 0.25) is 6.79 Å². The van der Waals surface area contributed by atoms with Gasteiger partial charge in [0.05, 0.1) is 13.7 Å². The number of ether oxygens (including phenoxy) is 4. The summed E-state index contributed by atoms with van der Waals surface area (Å²) in [5.74, 6) is 1.88. The van der Waals surface area contributed by atoms with E-state index < -0.39 is 0 Å². The van der Waals surface area contributed by atoms with Crippen LogP contribution in [0.2, 0.25) is 0 Å². The maximum Gasteiger partial charge on any atom is 0.278 e. The Morgan fingerprint density at radius 1 is 1.20 bits per heavy atom. The zero-order valence-corrected chi connectivity index (χ0v) is 13.7. The van der Waals surface area contributed by atoms with Crippen molar-refractivity contribution in [2.45, 2.75) is 12.5 Å². The van der Waals surface area contributed by atoms with Crippen molar-refractivity contribution >= 4 is 5.91 Å². The van der Waals surface area contributed by atoms with E-state index in [9.17, 15) is 4.79 Å². The number of carbonyl (C=O) groups is 1. The van der Waals surface area contributed by atoms with E-state index in [1.54, 1.807) is 29.3 Å². The van der Waals surface area contributed by atoms with E-state index >= 15 is 0 Å². The predicted molar refractivity (Wildman–Crippen MR) is 86.1 cm³/mol. The largest absolute Gasteiger partial charge is 0.477 e. The normalized spacial score (nSPS) is 18.3. The highest BCUT2D eigenvalue weighted by Crippen LogP contribution is 2.33. The molecule has 0 N–H and O–H groups in total. The van der Waals surface area contributed by atoms with Crippen LogP contribution in [0.3, 0.4) is 0 Å². The van der Waals surface area contributed by atoms with Crippen molar-refractivity contribution in [2.24, 2.45) is 0 Å². The third-order valence-electron chi connectivity index (χ3n) is 4.16. The van der Waals surface area contributed by atoms with Crippen molar-refractivity contribution in [3.63, 3.8) is 0 Å². The first kappa shape index (κ1) is 15.5. The van der Waals surface area contributed by atoms with Gasteiger partial charge in [-0.15, -0.1) is 0 Å². The molecule has 25 heavy (non-hydrogen) atoms. The number of hydrogen-bond donors (Lipinski definition) is 0. The molecular formula is C17H17N3O5. The minimum Gasteiger partial charge on any atom is -0.477 e. The molecule has 0 aliphatic carbocycles. The Balaban J connectivity index is 1.42. The summed E-state index contributed by atoms with van der Waals surface area (Å²) in [5.41, 5.74) is 0.571. The quantitative estimate of drug-likeness (QED) is 0.832. The number of fused-ring (bicyclic) bond motifs is 1. The van der Waals surface area contributed by atoms with E-state index in [4.69, 9.17) is 18.9 Å². The lowest BCUT2D eigenvalue weighted by atomic mass is 10.2. The van der Waals surface area contributed by atoms with E-state index in [0.717, 1.165) is 6.42 Å². The monoisotopic (exact) mass is 343 g/mol. The number of rotatable bonds is 4. The highest BCUT2D eigenvalue weighted by Gasteiger charge is 2.30. The fourth-order valence-corrected chi connectivity index (χ4v) is 2.91. The van der Waals surface area contributed by atoms with Crippen LogP contribution in [0.4, 0.5) is 0 Å². The van der Waals surface area contributed by atoms with E-state index in [-0.39, 0.29) is 18.8 Å². The summed E-state index contributed by atoms with van der Waals surface area (Å²) in [7, 11) is 1.51. The molecule has 130 valence electrons. The molecule has 0 saturated carbocycles. The van der Waals surface area contributed by atoms with Crippen LogP contribution in [-0.2, 0) is 0 Å². The summed E-state index contributed by atoms with van der Waals surface area (Å²) in [6.07, 6.45) is 3.65. The number of hydrogen-bond acceptors (Lipinski definition) is 7. The average Bonchev–Trinajstić information content (AvgIpc) is 3.30. The Labute approximate surface area is 144 Å². The van der Waals surface area contributed by atoms with Crippen LogP contribution in [0.25, 0.3) is 0 Å². The summed E-state index contributed by atoms with van der Waals surface area (Å²) in [5, 5.41) is 0. The molecule has 1 amide bonds. The van der Waals surface area contributed by atoms with Gasteiger partial charge in [-0.2, -0.15) is 0 Å². The lowest BCUT2D eigenvalue weighted by molar-refractivity contribution is 0.0769. The van der Waals surface area contributed by atoms with Crippen LogP contribution in [-0.4, -0.2) is 53.9 Å². The molecule has 3 heterocycles. The van der Waals surface area contributed by atoms with Crippen molar-refractivity contribution in [1.29, 1.82) is 0 Å². The van der Waals surface area contributed by atoms with Gasteiger partial charge in [-0.3, -0.25) is 4.79 Å². The molecule has 8 nitrogen and oxygen atoms in total. The summed E-state index contributed by atoms with van der Waals surface area (Å²) in [6, 6.07) is 5.21. The lowest BCUT2D eigenvalue weighted by Crippen LogP contribution is -2.31. The first-order valence-electron chi connectivity index (χ1n) is 7.95. The minimum atomic E-state index is -0.149. The van der Waals surface area contributed by atoms with Gasteiger partial charge in [-0.1, -0.05) is 0 Å². The standard InChI is InChI=1S/C17H17N3O5/c1-22-15-16(19-6-5-18-15)25-12-4-7-20(9-12)17(21)11-2-3-13-14(8-11)24-10-23-13/h2-3,5-6,8,12H,4,7,9-10H2,1H3/t12-/m0/s1. The molecule has 2 aliphatic heterocycles. The number of amides is 1. The zero-order valence-electron chi connectivity index (χ0n) is 13.7. The van der Waals surface area contributed by atoms with Crippen LogP contribution >= 0.6 is 0 Å². The molecular weight excluding hydrogens is 326 g/mol. The average molecular weight is 343 g/mol. The molecule has 0 spiro atoms. The van der Waals surface area contributed by atoms with Crippen molar-refractivity contribution in [3.05, 3.63) is 36.2 Å². The molecule has 8 heteroatoms. The summed E-state index contributed by atoms with van der Waals surface area (Å²) in [6.45, 7) is 1.28. The molecule has 1 aromatic heterocycles. The van der Waals surface area contributed by atoms with Crippen LogP contribution in [0.5, 0.6) is 23.3 Å². The predicted octanol–water partition coefficient (Wildman–Crippen LogP) is 1.51. The van der Waals surface area contributed by atoms with Crippen LogP contribution < -0.4 is 18.9 Å². The Morgan fingerprint density at radius 2 is 2.00 bits per heavy atom. The maximum absolute atomic E-state index is 12.7. The second-order valence-electron chi connectivity index (χ2n) is 5.72. The number of carbonyl (C=O) groups excluding carboxylic acids is 1. The van der Waals surface area contributed by atoms with Crippen molar-refractivity contribution < 1.29 is 23.7 Å². The Hall–Kier alpha value is -3.03. The molecule has 2 aromatic rings. The molecule has 1 saturated heterocycles. The number of benzene rings is 1. The summed E-state index contributed by atoms with van der Waals surface area (Å²) < 4.78 is 21.6. The smallest absolute Gasteiger partial charge is 0.278 e. The van der Waals surface area contributed by atoms with Gasteiger partial charge >= 0.3 is 0 Å². The van der Waals surface area contributed by atoms with Crippen LogP contribution in [0, 0.1) is 0 Å². The van der Waals surface area contributed by atoms with Gasteiger partial charge in [0, 0.05) is 30.9 Å². The molecule has 0 unspecified atom stereocenters. The minimum absolute atomic E-state index is 0.0597. The molecule has 1 atom stereocenters. The zero-order chi connectivity index (χ0) is 17.2. The highest BCUT2D eigenvalue weighted by atomic mass is 16.7. The van der Waals surface area contributed by atoms with Gasteiger partial charge in [0.15, 0.2) is 11.5 Å². The van der Waals surface area contributed by atoms with Crippen molar-refractivity contribution in [1.82, 2.24) is 14.9 Å². The van der Waals surface area contributed by atoms with Gasteiger partial charge < -0.3 is 23.8 Å². The second-order valence-corrected chi connectivity index (χ2v) is 5.72. The first-order valence-corrected chi connectivity index (χ1v) is 7.95. The SMILES string of the molecule is COc1nccnc1O[C@H]1CCN(C(=O)c2ccc3c(c2)OCO3)C1. The number of aromatic nitrogens is 2. The molecule has 0 radical (unpaired) electrons. The molecule has 4 rings (SSSR count). The van der Waals surface area contributed by atoms with Crippen LogP contribution in [0.1, 0.15) is 16.8 Å². The third kappa shape index (κ3) is 3.02. The van der Waals surface area contributed by atoms with Crippen molar-refractivity contribution in [2.75, 3.05) is 27.0 Å². The van der Waals surface area contributed by atoms with E-state index in [1.165, 1.54) is 13.3 Å². The van der Waals surface area contributed by atoms with E-state index in [1.807, 2.05) is 0 Å². The highest BCUT2D eigenvalue weighted by molar-refractivity contribution is 5.95. The first-order chi connectivity index (χ1) is 12.2. The van der Waals surface area contributed by atoms with Crippen molar-refractivity contribution in [3.8, 4) is 23.3 Å². The van der Waals surface area contributed by atoms with Gasteiger partial charge in [0.25, 0.3) is 17.7 Å². The van der Waals surface area contributed by atoms with Gasteiger partial charge in [-0.05, 0) is 18.2 Å². The Bertz CT molecular complexity index is 798. The number of likely N-dealkylation sites (tertiary alicyclic amines) is 1. The summed E-state index contributed by atoms with van der Waals surface area (Å²) in [4.78, 5) is 22.6.